The fourth-order valence-electron chi connectivity index (χ4n) is 4.00. The van der Waals surface area contributed by atoms with Gasteiger partial charge in [-0.3, -0.25) is 4.79 Å². The average Bonchev–Trinajstić information content (AvgIpc) is 3.35. The van der Waals surface area contributed by atoms with E-state index in [2.05, 4.69) is 10.6 Å². The molecule has 36 heavy (non-hydrogen) atoms. The third-order valence-electron chi connectivity index (χ3n) is 5.90. The maximum absolute atomic E-state index is 12.9. The minimum atomic E-state index is -4.47. The number of rotatable bonds is 5. The van der Waals surface area contributed by atoms with Crippen LogP contribution < -0.4 is 10.6 Å². The summed E-state index contributed by atoms with van der Waals surface area (Å²) in [4.78, 5) is 38.0. The number of nitrogens with zero attached hydrogens (tertiary/aromatic N) is 1. The van der Waals surface area contributed by atoms with Crippen molar-refractivity contribution in [3.63, 3.8) is 0 Å². The molecular weight excluding hydrogens is 475 g/mol. The Labute approximate surface area is 204 Å². The van der Waals surface area contributed by atoms with Gasteiger partial charge in [-0.1, -0.05) is 24.3 Å². The van der Waals surface area contributed by atoms with Crippen molar-refractivity contribution in [2.45, 2.75) is 25.1 Å². The maximum atomic E-state index is 12.9. The van der Waals surface area contributed by atoms with Gasteiger partial charge < -0.3 is 20.6 Å². The number of likely N-dealkylation sites (tertiary alicyclic amines) is 1. The van der Waals surface area contributed by atoms with Crippen LogP contribution in [0.3, 0.4) is 0 Å². The van der Waals surface area contributed by atoms with E-state index < -0.39 is 29.8 Å². The quantitative estimate of drug-likeness (QED) is 0.421. The zero-order valence-corrected chi connectivity index (χ0v) is 18.9. The molecule has 1 fully saturated rings. The van der Waals surface area contributed by atoms with Crippen LogP contribution in [0.1, 0.15) is 28.8 Å². The SMILES string of the molecule is O=C(O)c1ccc(-c2ccc(NC(=O)[C@H]3CCCN3C(=O)Nc3ccc(C(F)(F)F)cc3)cc2)cc1. The molecule has 0 aromatic heterocycles. The van der Waals surface area contributed by atoms with Crippen LogP contribution in [0.15, 0.2) is 72.8 Å². The number of anilines is 2. The predicted octanol–water partition coefficient (Wildman–Crippen LogP) is 5.71. The van der Waals surface area contributed by atoms with Gasteiger partial charge in [-0.15, -0.1) is 0 Å². The molecule has 0 unspecified atom stereocenters. The Morgan fingerprint density at radius 3 is 1.89 bits per heavy atom. The number of carbonyl (C=O) groups is 3. The molecule has 186 valence electrons. The van der Waals surface area contributed by atoms with Crippen LogP contribution in [-0.2, 0) is 11.0 Å². The van der Waals surface area contributed by atoms with E-state index in [1.165, 1.54) is 29.2 Å². The van der Waals surface area contributed by atoms with Gasteiger partial charge in [0, 0.05) is 17.9 Å². The number of carboxylic acid groups (broad SMARTS) is 1. The van der Waals surface area contributed by atoms with Gasteiger partial charge in [-0.05, 0) is 72.5 Å². The molecule has 3 aromatic carbocycles. The zero-order chi connectivity index (χ0) is 25.9. The third kappa shape index (κ3) is 5.65. The molecule has 3 N–H and O–H groups in total. The van der Waals surface area contributed by atoms with Gasteiger partial charge in [-0.2, -0.15) is 13.2 Å². The Morgan fingerprint density at radius 2 is 1.33 bits per heavy atom. The van der Waals surface area contributed by atoms with Crippen LogP contribution >= 0.6 is 0 Å². The van der Waals surface area contributed by atoms with Crippen molar-refractivity contribution in [1.29, 1.82) is 0 Å². The van der Waals surface area contributed by atoms with Gasteiger partial charge in [0.2, 0.25) is 5.91 Å². The lowest BCUT2D eigenvalue weighted by atomic mass is 10.0. The number of hydrogen-bond donors (Lipinski definition) is 3. The first-order chi connectivity index (χ1) is 17.1. The van der Waals surface area contributed by atoms with Gasteiger partial charge in [0.15, 0.2) is 0 Å². The number of alkyl halides is 3. The van der Waals surface area contributed by atoms with E-state index in [0.29, 0.717) is 25.1 Å². The summed E-state index contributed by atoms with van der Waals surface area (Å²) >= 11 is 0. The first-order valence-corrected chi connectivity index (χ1v) is 11.1. The second kappa shape index (κ2) is 10.1. The lowest BCUT2D eigenvalue weighted by Gasteiger charge is -2.24. The van der Waals surface area contributed by atoms with Crippen molar-refractivity contribution in [2.24, 2.45) is 0 Å². The number of urea groups is 1. The third-order valence-corrected chi connectivity index (χ3v) is 5.90. The topological polar surface area (TPSA) is 98.7 Å². The van der Waals surface area contributed by atoms with Gasteiger partial charge in [0.25, 0.3) is 0 Å². The second-order valence-electron chi connectivity index (χ2n) is 8.31. The van der Waals surface area contributed by atoms with Crippen molar-refractivity contribution in [3.05, 3.63) is 83.9 Å². The highest BCUT2D eigenvalue weighted by Crippen LogP contribution is 2.30. The molecule has 7 nitrogen and oxygen atoms in total. The number of benzene rings is 3. The van der Waals surface area contributed by atoms with E-state index in [-0.39, 0.29) is 17.2 Å². The average molecular weight is 497 g/mol. The molecule has 0 radical (unpaired) electrons. The van der Waals surface area contributed by atoms with Crippen LogP contribution in [0.25, 0.3) is 11.1 Å². The van der Waals surface area contributed by atoms with Crippen molar-refractivity contribution >= 4 is 29.3 Å². The van der Waals surface area contributed by atoms with E-state index in [1.54, 1.807) is 36.4 Å². The summed E-state index contributed by atoms with van der Waals surface area (Å²) in [6.07, 6.45) is -3.39. The van der Waals surface area contributed by atoms with Crippen LogP contribution in [0.4, 0.5) is 29.3 Å². The molecule has 0 aliphatic carbocycles. The molecule has 1 heterocycles. The molecule has 0 spiro atoms. The van der Waals surface area contributed by atoms with Gasteiger partial charge in [0.1, 0.15) is 6.04 Å². The molecule has 1 aliphatic heterocycles. The van der Waals surface area contributed by atoms with Gasteiger partial charge >= 0.3 is 18.2 Å². The Morgan fingerprint density at radius 1 is 0.806 bits per heavy atom. The normalized spacial score (nSPS) is 15.4. The lowest BCUT2D eigenvalue weighted by Crippen LogP contribution is -2.45. The maximum Gasteiger partial charge on any atom is 0.416 e. The van der Waals surface area contributed by atoms with E-state index in [1.807, 2.05) is 0 Å². The highest BCUT2D eigenvalue weighted by atomic mass is 19.4. The number of aromatic carboxylic acids is 1. The number of hydrogen-bond acceptors (Lipinski definition) is 3. The summed E-state index contributed by atoms with van der Waals surface area (Å²) in [6.45, 7) is 0.343. The van der Waals surface area contributed by atoms with E-state index in [0.717, 1.165) is 23.3 Å². The van der Waals surface area contributed by atoms with Crippen molar-refractivity contribution in [1.82, 2.24) is 4.90 Å². The van der Waals surface area contributed by atoms with Crippen LogP contribution in [0, 0.1) is 0 Å². The first-order valence-electron chi connectivity index (χ1n) is 11.1. The monoisotopic (exact) mass is 497 g/mol. The Balaban J connectivity index is 1.37. The van der Waals surface area contributed by atoms with Crippen LogP contribution in [0.2, 0.25) is 0 Å². The Kier molecular flexibility index (Phi) is 6.96. The molecule has 1 aliphatic rings. The summed E-state index contributed by atoms with van der Waals surface area (Å²) in [7, 11) is 0. The summed E-state index contributed by atoms with van der Waals surface area (Å²) in [5.41, 5.74) is 1.75. The summed E-state index contributed by atoms with van der Waals surface area (Å²) in [5.74, 6) is -1.37. The van der Waals surface area contributed by atoms with Crippen molar-refractivity contribution < 1.29 is 32.7 Å². The summed E-state index contributed by atoms with van der Waals surface area (Å²) < 4.78 is 38.2. The summed E-state index contributed by atoms with van der Waals surface area (Å²) in [6, 6.07) is 16.2. The van der Waals surface area contributed by atoms with Gasteiger partial charge in [0.05, 0.1) is 11.1 Å². The summed E-state index contributed by atoms with van der Waals surface area (Å²) in [5, 5.41) is 14.4. The minimum absolute atomic E-state index is 0.186. The number of halogens is 3. The zero-order valence-electron chi connectivity index (χ0n) is 18.9. The number of carboxylic acids is 1. The van der Waals surface area contributed by atoms with Crippen molar-refractivity contribution in [2.75, 3.05) is 17.2 Å². The van der Waals surface area contributed by atoms with Crippen LogP contribution in [-0.4, -0.2) is 40.5 Å². The largest absolute Gasteiger partial charge is 0.478 e. The second-order valence-corrected chi connectivity index (χ2v) is 8.31. The minimum Gasteiger partial charge on any atom is -0.478 e. The predicted molar refractivity (Wildman–Crippen MR) is 128 cm³/mol. The first kappa shape index (κ1) is 24.8. The highest BCUT2D eigenvalue weighted by molar-refractivity contribution is 5.99. The molecule has 1 saturated heterocycles. The smallest absolute Gasteiger partial charge is 0.416 e. The molecule has 4 rings (SSSR count). The van der Waals surface area contributed by atoms with Crippen LogP contribution in [0.5, 0.6) is 0 Å². The van der Waals surface area contributed by atoms with E-state index >= 15 is 0 Å². The molecule has 0 saturated carbocycles. The number of amides is 3. The number of carbonyl (C=O) groups excluding carboxylic acids is 2. The van der Waals surface area contributed by atoms with Gasteiger partial charge in [-0.25, -0.2) is 9.59 Å². The Hall–Kier alpha value is -4.34. The molecule has 10 heteroatoms. The lowest BCUT2D eigenvalue weighted by molar-refractivity contribution is -0.137. The van der Waals surface area contributed by atoms with E-state index in [4.69, 9.17) is 5.11 Å². The van der Waals surface area contributed by atoms with E-state index in [9.17, 15) is 27.6 Å². The highest BCUT2D eigenvalue weighted by Gasteiger charge is 2.34. The number of nitrogens with one attached hydrogen (secondary N) is 2. The fourth-order valence-corrected chi connectivity index (χ4v) is 4.00. The molecule has 0 bridgehead atoms. The molecule has 3 aromatic rings. The standard InChI is InChI=1S/C26H22F3N3O4/c27-26(28,29)19-9-13-21(14-10-19)31-25(36)32-15-1-2-22(32)23(33)30-20-11-7-17(8-12-20)16-3-5-18(6-4-16)24(34)35/h3-14,22H,1-2,15H2,(H,30,33)(H,31,36)(H,34,35)/t22-/m1/s1. The fraction of sp³-hybridized carbons (Fsp3) is 0.192. The molecule has 1 atom stereocenters. The molecular formula is C26H22F3N3O4. The van der Waals surface area contributed by atoms with Crippen molar-refractivity contribution in [3.8, 4) is 11.1 Å². The molecule has 3 amide bonds. The Bertz CT molecular complexity index is 1260.